The minimum Gasteiger partial charge on any atom is -0.335 e. The summed E-state index contributed by atoms with van der Waals surface area (Å²) in [6.45, 7) is 34.3. The van der Waals surface area contributed by atoms with E-state index < -0.39 is 0 Å². The van der Waals surface area contributed by atoms with Crippen LogP contribution in [0.5, 0.6) is 0 Å². The Morgan fingerprint density at radius 3 is 1.69 bits per heavy atom. The highest BCUT2D eigenvalue weighted by Crippen LogP contribution is 2.65. The van der Waals surface area contributed by atoms with Gasteiger partial charge in [-0.3, -0.25) is 0 Å². The van der Waals surface area contributed by atoms with E-state index in [4.69, 9.17) is 0 Å². The van der Waals surface area contributed by atoms with Crippen LogP contribution in [0.2, 0.25) is 0 Å². The number of aryl methyl sites for hydroxylation is 4. The van der Waals surface area contributed by atoms with Crippen LogP contribution in [0, 0.1) is 27.7 Å². The van der Waals surface area contributed by atoms with Crippen molar-refractivity contribution in [3.8, 4) is 0 Å². The Bertz CT molecular complexity index is 2750. The highest BCUT2D eigenvalue weighted by molar-refractivity contribution is 7.00. The Kier molecular flexibility index (Phi) is 8.22. The van der Waals surface area contributed by atoms with Crippen molar-refractivity contribution in [2.45, 2.75) is 181 Å². The van der Waals surface area contributed by atoms with Gasteiger partial charge < -0.3 is 14.7 Å². The molecule has 2 aliphatic carbocycles. The molecular weight excluding hydrogens is 749 g/mol. The van der Waals surface area contributed by atoms with Crippen molar-refractivity contribution in [2.24, 2.45) is 0 Å². The molecule has 0 bridgehead atoms. The van der Waals surface area contributed by atoms with Gasteiger partial charge in [0, 0.05) is 50.6 Å². The molecule has 0 amide bonds. The molecule has 0 aromatic heterocycles. The van der Waals surface area contributed by atoms with Crippen molar-refractivity contribution in [1.82, 2.24) is 0 Å². The lowest BCUT2D eigenvalue weighted by Crippen LogP contribution is -2.65. The SMILES string of the molecule is Cc1cc(C)c2c(c1)N(c1cc3c4c(c1)N1c5c(c(C)cc(C)c5C5(C)CCCCC15C)B4c1cc(C(C)(C)C)ccc1N3c1ccc(C(C)(C)C)cc1)C1(C)CCCCC21C. The van der Waals surface area contributed by atoms with Crippen molar-refractivity contribution in [3.63, 3.8) is 0 Å². The second-order valence-corrected chi connectivity index (χ2v) is 23.9. The summed E-state index contributed by atoms with van der Waals surface area (Å²) in [5.74, 6) is 0. The molecule has 4 heterocycles. The second-order valence-electron chi connectivity index (χ2n) is 23.9. The number of anilines is 7. The van der Waals surface area contributed by atoms with E-state index in [-0.39, 0.29) is 39.5 Å². The van der Waals surface area contributed by atoms with E-state index in [1.807, 2.05) is 0 Å². The molecule has 2 fully saturated rings. The minimum absolute atomic E-state index is 0.0174. The average Bonchev–Trinajstić information content (AvgIpc) is 3.55. The lowest BCUT2D eigenvalue weighted by Gasteiger charge is -2.54. The molecule has 5 aromatic carbocycles. The van der Waals surface area contributed by atoms with E-state index in [2.05, 4.69) is 184 Å². The first-order valence-electron chi connectivity index (χ1n) is 24.2. The summed E-state index contributed by atoms with van der Waals surface area (Å²) < 4.78 is 0. The second kappa shape index (κ2) is 12.6. The molecule has 5 aromatic rings. The third-order valence-corrected chi connectivity index (χ3v) is 18.2. The van der Waals surface area contributed by atoms with Gasteiger partial charge in [0.1, 0.15) is 0 Å². The van der Waals surface area contributed by atoms with Crippen LogP contribution in [-0.4, -0.2) is 17.8 Å². The smallest absolute Gasteiger partial charge is 0.252 e. The van der Waals surface area contributed by atoms with Gasteiger partial charge in [-0.05, 0) is 170 Å². The number of hydrogen-bond acceptors (Lipinski definition) is 3. The maximum atomic E-state index is 2.97. The van der Waals surface area contributed by atoms with Crippen molar-refractivity contribution in [3.05, 3.63) is 117 Å². The first kappa shape index (κ1) is 40.3. The highest BCUT2D eigenvalue weighted by Gasteiger charge is 2.63. The molecule has 3 nitrogen and oxygen atoms in total. The fraction of sp³-hybridized carbons (Fsp3) is 0.483. The zero-order valence-corrected chi connectivity index (χ0v) is 40.5. The molecule has 4 heteroatoms. The summed E-state index contributed by atoms with van der Waals surface area (Å²) in [5.41, 5.74) is 25.9. The zero-order valence-electron chi connectivity index (χ0n) is 40.5. The van der Waals surface area contributed by atoms with Crippen molar-refractivity contribution in [2.75, 3.05) is 14.7 Å². The van der Waals surface area contributed by atoms with Gasteiger partial charge in [0.15, 0.2) is 0 Å². The number of benzene rings is 5. The van der Waals surface area contributed by atoms with Crippen LogP contribution in [0.15, 0.2) is 72.8 Å². The zero-order chi connectivity index (χ0) is 43.8. The molecule has 2 saturated carbocycles. The largest absolute Gasteiger partial charge is 0.335 e. The predicted molar refractivity (Wildman–Crippen MR) is 268 cm³/mol. The minimum atomic E-state index is -0.0565. The molecule has 4 atom stereocenters. The number of nitrogens with zero attached hydrogens (tertiary/aromatic N) is 3. The molecule has 6 aliphatic rings. The van der Waals surface area contributed by atoms with Gasteiger partial charge >= 0.3 is 0 Å². The fourth-order valence-electron chi connectivity index (χ4n) is 14.8. The average molecular weight is 820 g/mol. The highest BCUT2D eigenvalue weighted by atomic mass is 15.3. The normalized spacial score (nSPS) is 26.8. The summed E-state index contributed by atoms with van der Waals surface area (Å²) in [6.07, 6.45) is 9.96. The monoisotopic (exact) mass is 820 g/mol. The van der Waals surface area contributed by atoms with Crippen molar-refractivity contribution >= 4 is 62.9 Å². The molecule has 11 rings (SSSR count). The van der Waals surface area contributed by atoms with Crippen LogP contribution in [0.1, 0.15) is 165 Å². The third-order valence-electron chi connectivity index (χ3n) is 18.2. The summed E-state index contributed by atoms with van der Waals surface area (Å²) in [7, 11) is 0. The van der Waals surface area contributed by atoms with Crippen LogP contribution in [0.25, 0.3) is 0 Å². The summed E-state index contributed by atoms with van der Waals surface area (Å²) in [5, 5.41) is 0. The Labute approximate surface area is 374 Å². The number of fused-ring (bicyclic) bond motifs is 10. The molecule has 4 aliphatic heterocycles. The molecule has 320 valence electrons. The Hall–Kier alpha value is -4.44. The molecule has 0 N–H and O–H groups in total. The topological polar surface area (TPSA) is 9.72 Å². The summed E-state index contributed by atoms with van der Waals surface area (Å²) >= 11 is 0. The van der Waals surface area contributed by atoms with Crippen LogP contribution >= 0.6 is 0 Å². The first-order chi connectivity index (χ1) is 29.1. The predicted octanol–water partition coefficient (Wildman–Crippen LogP) is 13.6. The van der Waals surface area contributed by atoms with Gasteiger partial charge in [0.05, 0.1) is 11.1 Å². The Balaban J connectivity index is 1.29. The van der Waals surface area contributed by atoms with E-state index in [0.717, 1.165) is 0 Å². The molecular formula is C58H70BN3. The maximum absolute atomic E-state index is 2.97. The third kappa shape index (κ3) is 4.96. The van der Waals surface area contributed by atoms with Crippen molar-refractivity contribution < 1.29 is 0 Å². The number of rotatable bonds is 2. The van der Waals surface area contributed by atoms with E-state index >= 15 is 0 Å². The molecule has 0 spiro atoms. The van der Waals surface area contributed by atoms with Gasteiger partial charge in [-0.25, -0.2) is 0 Å². The maximum Gasteiger partial charge on any atom is 0.252 e. The van der Waals surface area contributed by atoms with E-state index in [1.165, 1.54) is 135 Å². The van der Waals surface area contributed by atoms with Crippen LogP contribution in [0.4, 0.5) is 39.8 Å². The quantitative estimate of drug-likeness (QED) is 0.161. The van der Waals surface area contributed by atoms with Crippen LogP contribution in [-0.2, 0) is 21.7 Å². The van der Waals surface area contributed by atoms with Gasteiger partial charge in [-0.2, -0.15) is 0 Å². The van der Waals surface area contributed by atoms with Gasteiger partial charge in [-0.1, -0.05) is 123 Å². The Morgan fingerprint density at radius 2 is 1.05 bits per heavy atom. The van der Waals surface area contributed by atoms with E-state index in [0.29, 0.717) is 0 Å². The molecule has 0 radical (unpaired) electrons. The standard InChI is InChI=1S/C58H70BN3/c1-35-29-36(2)48-45(30-35)61(57(13)27-17-15-25-55(48,57)11)42-33-46-51-47(34-42)62-52-49(56(12)26-16-18-28-58(56,62)14)37(3)31-38(4)50(52)59(51)43-32-40(54(8,9)10)21-24-44(43)60(46)41-22-19-39(20-23-41)53(5,6)7/h19-24,29-34H,15-18,25-28H2,1-14H3. The fourth-order valence-corrected chi connectivity index (χ4v) is 14.8. The van der Waals surface area contributed by atoms with Crippen LogP contribution < -0.4 is 31.1 Å². The van der Waals surface area contributed by atoms with E-state index in [1.54, 1.807) is 16.6 Å². The molecule has 4 unspecified atom stereocenters. The molecule has 62 heavy (non-hydrogen) atoms. The molecule has 0 saturated heterocycles. The Morgan fingerprint density at radius 1 is 0.484 bits per heavy atom. The number of hydrogen-bond donors (Lipinski definition) is 0. The lowest BCUT2D eigenvalue weighted by molar-refractivity contribution is 0.193. The summed E-state index contributed by atoms with van der Waals surface area (Å²) in [4.78, 5) is 8.53. The van der Waals surface area contributed by atoms with Crippen LogP contribution in [0.3, 0.4) is 0 Å². The first-order valence-corrected chi connectivity index (χ1v) is 24.2. The lowest BCUT2D eigenvalue weighted by atomic mass is 9.32. The van der Waals surface area contributed by atoms with Gasteiger partial charge in [-0.15, -0.1) is 0 Å². The van der Waals surface area contributed by atoms with Crippen molar-refractivity contribution in [1.29, 1.82) is 0 Å². The van der Waals surface area contributed by atoms with Gasteiger partial charge in [0.25, 0.3) is 6.71 Å². The summed E-state index contributed by atoms with van der Waals surface area (Å²) in [6, 6.07) is 30.1. The van der Waals surface area contributed by atoms with Gasteiger partial charge in [0.2, 0.25) is 0 Å². The van der Waals surface area contributed by atoms with E-state index in [9.17, 15) is 0 Å².